The second kappa shape index (κ2) is 10.4. The molecule has 0 radical (unpaired) electrons. The third kappa shape index (κ3) is 4.93. The third-order valence-corrected chi connectivity index (χ3v) is 5.94. The van der Waals surface area contributed by atoms with Gasteiger partial charge in [0.2, 0.25) is 0 Å². The summed E-state index contributed by atoms with van der Waals surface area (Å²) in [6.45, 7) is 1.89. The zero-order chi connectivity index (χ0) is 23.2. The Morgan fingerprint density at radius 1 is 0.848 bits per heavy atom. The lowest BCUT2D eigenvalue weighted by Crippen LogP contribution is -2.12. The summed E-state index contributed by atoms with van der Waals surface area (Å²) in [4.78, 5) is 13.1. The average Bonchev–Trinajstić information content (AvgIpc) is 2.84. The molecule has 166 valence electrons. The predicted molar refractivity (Wildman–Crippen MR) is 125 cm³/mol. The van der Waals surface area contributed by atoms with Gasteiger partial charge in [0.15, 0.2) is 0 Å². The van der Waals surface area contributed by atoms with Gasteiger partial charge in [-0.3, -0.25) is 0 Å². The molecule has 0 amide bonds. The Kier molecular flexibility index (Phi) is 7.10. The Balaban J connectivity index is 1.89. The van der Waals surface area contributed by atoms with Crippen molar-refractivity contribution < 1.29 is 18.3 Å². The number of ether oxygens (including phenoxy) is 1. The smallest absolute Gasteiger partial charge is 0.341 e. The van der Waals surface area contributed by atoms with Gasteiger partial charge in [0.1, 0.15) is 27.9 Å². The second-order valence-corrected chi connectivity index (χ2v) is 8.01. The van der Waals surface area contributed by atoms with E-state index in [0.29, 0.717) is 11.3 Å². The third-order valence-electron chi connectivity index (χ3n) is 4.95. The number of halogens is 2. The average molecular weight is 463 g/mol. The van der Waals surface area contributed by atoms with E-state index in [-0.39, 0.29) is 28.5 Å². The van der Waals surface area contributed by atoms with Crippen LogP contribution in [-0.2, 0) is 10.5 Å². The highest BCUT2D eigenvalue weighted by Gasteiger charge is 2.26. The number of hydrogen-bond donors (Lipinski definition) is 0. The fraction of sp³-hybridized carbons (Fsp3) is 0.115. The van der Waals surface area contributed by atoms with Crippen LogP contribution >= 0.6 is 11.8 Å². The first-order valence-electron chi connectivity index (χ1n) is 10.3. The molecule has 0 saturated carbocycles. The van der Waals surface area contributed by atoms with Gasteiger partial charge in [-0.15, -0.1) is 10.2 Å². The van der Waals surface area contributed by atoms with Crippen LogP contribution in [0, 0.1) is 11.6 Å². The molecule has 0 aliphatic carbocycles. The number of thioether (sulfide) groups is 1. The van der Waals surface area contributed by atoms with Crippen LogP contribution in [0.25, 0.3) is 22.4 Å². The Hall–Kier alpha value is -3.58. The molecule has 0 aliphatic heterocycles. The first-order chi connectivity index (χ1) is 16.1. The standard InChI is InChI=1S/C26H20F2N2O2S/c1-2-32-26(31)23-22(17-10-5-3-6-11-17)24(18-12-7-4-8-13-18)29-30-25(23)33-16-19-20(27)14-9-15-21(19)28/h3-15H,2,16H2,1H3. The van der Waals surface area contributed by atoms with E-state index in [9.17, 15) is 13.6 Å². The number of esters is 1. The van der Waals surface area contributed by atoms with Crippen molar-refractivity contribution in [2.24, 2.45) is 0 Å². The van der Waals surface area contributed by atoms with E-state index >= 15 is 0 Å². The molecule has 7 heteroatoms. The maximum absolute atomic E-state index is 14.2. The van der Waals surface area contributed by atoms with Crippen molar-refractivity contribution in [1.29, 1.82) is 0 Å². The number of carbonyl (C=O) groups excluding carboxylic acids is 1. The number of rotatable bonds is 7. The molecular weight excluding hydrogens is 442 g/mol. The molecule has 0 N–H and O–H groups in total. The van der Waals surface area contributed by atoms with Crippen LogP contribution in [-0.4, -0.2) is 22.8 Å². The molecule has 0 fully saturated rings. The molecule has 4 aromatic rings. The van der Waals surface area contributed by atoms with Gasteiger partial charge in [0.25, 0.3) is 0 Å². The highest BCUT2D eigenvalue weighted by Crippen LogP contribution is 2.38. The number of carbonyl (C=O) groups is 1. The summed E-state index contributed by atoms with van der Waals surface area (Å²) in [6, 6.07) is 22.5. The van der Waals surface area contributed by atoms with Gasteiger partial charge in [0.05, 0.1) is 6.61 Å². The van der Waals surface area contributed by atoms with Gasteiger partial charge in [0, 0.05) is 22.4 Å². The van der Waals surface area contributed by atoms with Crippen LogP contribution in [0.2, 0.25) is 0 Å². The normalized spacial score (nSPS) is 10.8. The minimum atomic E-state index is -0.655. The maximum atomic E-state index is 14.2. The molecule has 33 heavy (non-hydrogen) atoms. The minimum Gasteiger partial charge on any atom is -0.462 e. The van der Waals surface area contributed by atoms with E-state index < -0.39 is 17.6 Å². The molecule has 0 aliphatic rings. The molecule has 1 aromatic heterocycles. The Bertz CT molecular complexity index is 1250. The second-order valence-electron chi connectivity index (χ2n) is 7.05. The topological polar surface area (TPSA) is 52.1 Å². The zero-order valence-corrected chi connectivity index (χ0v) is 18.6. The molecule has 4 rings (SSSR count). The van der Waals surface area contributed by atoms with Crippen LogP contribution in [0.3, 0.4) is 0 Å². The summed E-state index contributed by atoms with van der Waals surface area (Å²) < 4.78 is 33.7. The zero-order valence-electron chi connectivity index (χ0n) is 17.8. The van der Waals surface area contributed by atoms with Crippen molar-refractivity contribution in [2.45, 2.75) is 17.7 Å². The number of hydrogen-bond acceptors (Lipinski definition) is 5. The lowest BCUT2D eigenvalue weighted by Gasteiger charge is -2.16. The largest absolute Gasteiger partial charge is 0.462 e. The first-order valence-corrected chi connectivity index (χ1v) is 11.3. The summed E-state index contributed by atoms with van der Waals surface area (Å²) >= 11 is 1.04. The van der Waals surface area contributed by atoms with Crippen molar-refractivity contribution in [2.75, 3.05) is 6.61 Å². The Morgan fingerprint density at radius 2 is 1.45 bits per heavy atom. The number of benzene rings is 3. The summed E-state index contributed by atoms with van der Waals surface area (Å²) in [5.74, 6) is -1.94. The summed E-state index contributed by atoms with van der Waals surface area (Å²) in [6.07, 6.45) is 0. The van der Waals surface area contributed by atoms with Crippen molar-refractivity contribution in [3.05, 3.63) is 102 Å². The van der Waals surface area contributed by atoms with Gasteiger partial charge in [-0.05, 0) is 24.6 Å². The summed E-state index contributed by atoms with van der Waals surface area (Å²) in [5, 5.41) is 8.95. The van der Waals surface area contributed by atoms with E-state index in [1.54, 1.807) is 6.92 Å². The molecule has 0 spiro atoms. The SMILES string of the molecule is CCOC(=O)c1c(SCc2c(F)cccc2F)nnc(-c2ccccc2)c1-c1ccccc1. The summed E-state index contributed by atoms with van der Waals surface area (Å²) in [7, 11) is 0. The molecule has 0 unspecified atom stereocenters. The Morgan fingerprint density at radius 3 is 2.06 bits per heavy atom. The van der Waals surface area contributed by atoms with Crippen molar-refractivity contribution >= 4 is 17.7 Å². The highest BCUT2D eigenvalue weighted by atomic mass is 32.2. The van der Waals surface area contributed by atoms with Gasteiger partial charge in [-0.2, -0.15) is 0 Å². The van der Waals surface area contributed by atoms with Crippen molar-refractivity contribution in [3.8, 4) is 22.4 Å². The fourth-order valence-electron chi connectivity index (χ4n) is 3.41. The van der Waals surface area contributed by atoms with Crippen LogP contribution in [0.4, 0.5) is 8.78 Å². The van der Waals surface area contributed by atoms with E-state index in [4.69, 9.17) is 4.74 Å². The molecule has 0 bridgehead atoms. The summed E-state index contributed by atoms with van der Waals surface area (Å²) in [5.41, 5.74) is 2.75. The van der Waals surface area contributed by atoms with E-state index in [1.807, 2.05) is 60.7 Å². The predicted octanol–water partition coefficient (Wildman–Crippen LogP) is 6.56. The molecule has 1 heterocycles. The van der Waals surface area contributed by atoms with Crippen LogP contribution in [0.5, 0.6) is 0 Å². The molecule has 3 aromatic carbocycles. The fourth-order valence-corrected chi connectivity index (χ4v) is 4.39. The number of aromatic nitrogens is 2. The highest BCUT2D eigenvalue weighted by molar-refractivity contribution is 7.98. The van der Waals surface area contributed by atoms with Crippen LogP contribution < -0.4 is 0 Å². The van der Waals surface area contributed by atoms with E-state index in [0.717, 1.165) is 22.9 Å². The molecular formula is C26H20F2N2O2S. The van der Waals surface area contributed by atoms with Crippen molar-refractivity contribution in [1.82, 2.24) is 10.2 Å². The first kappa shape index (κ1) is 22.6. The van der Waals surface area contributed by atoms with Crippen LogP contribution in [0.1, 0.15) is 22.8 Å². The number of nitrogens with zero attached hydrogens (tertiary/aromatic N) is 2. The van der Waals surface area contributed by atoms with Gasteiger partial charge in [-0.25, -0.2) is 13.6 Å². The quantitative estimate of drug-likeness (QED) is 0.230. The Labute approximate surface area is 194 Å². The van der Waals surface area contributed by atoms with Gasteiger partial charge < -0.3 is 4.74 Å². The van der Waals surface area contributed by atoms with Crippen molar-refractivity contribution in [3.63, 3.8) is 0 Å². The molecule has 0 atom stereocenters. The lowest BCUT2D eigenvalue weighted by atomic mass is 9.96. The lowest BCUT2D eigenvalue weighted by molar-refractivity contribution is 0.0522. The van der Waals surface area contributed by atoms with Crippen LogP contribution in [0.15, 0.2) is 83.9 Å². The van der Waals surface area contributed by atoms with E-state index in [2.05, 4.69) is 10.2 Å². The monoisotopic (exact) mass is 462 g/mol. The molecule has 0 saturated heterocycles. The maximum Gasteiger partial charge on any atom is 0.341 e. The van der Waals surface area contributed by atoms with Gasteiger partial charge in [-0.1, -0.05) is 78.5 Å². The molecule has 4 nitrogen and oxygen atoms in total. The van der Waals surface area contributed by atoms with Gasteiger partial charge >= 0.3 is 5.97 Å². The minimum absolute atomic E-state index is 0.0570. The van der Waals surface area contributed by atoms with E-state index in [1.165, 1.54) is 18.2 Å².